The van der Waals surface area contributed by atoms with E-state index in [-0.39, 0.29) is 0 Å². The van der Waals surface area contributed by atoms with Gasteiger partial charge in [0.1, 0.15) is 12.4 Å². The average Bonchev–Trinajstić information content (AvgIpc) is 2.91. The third-order valence-electron chi connectivity index (χ3n) is 3.32. The fourth-order valence-electron chi connectivity index (χ4n) is 2.11. The molecule has 2 rings (SSSR count). The van der Waals surface area contributed by atoms with Gasteiger partial charge in [0, 0.05) is 18.9 Å². The maximum atomic E-state index is 5.88. The number of methoxy groups -OCH3 is 1. The molecule has 1 heterocycles. The van der Waals surface area contributed by atoms with Gasteiger partial charge in [-0.15, -0.1) is 0 Å². The molecule has 1 aromatic heterocycles. The lowest BCUT2D eigenvalue weighted by atomic mass is 10.2. The van der Waals surface area contributed by atoms with E-state index in [1.54, 1.807) is 13.3 Å². The van der Waals surface area contributed by atoms with E-state index in [0.717, 1.165) is 37.0 Å². The minimum Gasteiger partial charge on any atom is -0.493 e. The van der Waals surface area contributed by atoms with Crippen LogP contribution in [-0.2, 0) is 13.1 Å². The fraction of sp³-hybridized carbons (Fsp3) is 0.438. The molecule has 1 aromatic carbocycles. The summed E-state index contributed by atoms with van der Waals surface area (Å²) in [5.74, 6) is 2.54. The highest BCUT2D eigenvalue weighted by molar-refractivity contribution is 5.42. The van der Waals surface area contributed by atoms with Gasteiger partial charge in [0.25, 0.3) is 0 Å². The van der Waals surface area contributed by atoms with Crippen molar-refractivity contribution < 1.29 is 9.47 Å². The molecule has 114 valence electrons. The molecule has 0 aliphatic rings. The molecule has 0 radical (unpaired) electrons. The first-order chi connectivity index (χ1) is 10.2. The van der Waals surface area contributed by atoms with E-state index in [2.05, 4.69) is 21.8 Å². The first kappa shape index (κ1) is 15.4. The van der Waals surface area contributed by atoms with E-state index in [9.17, 15) is 0 Å². The van der Waals surface area contributed by atoms with Gasteiger partial charge >= 0.3 is 0 Å². The van der Waals surface area contributed by atoms with Crippen molar-refractivity contribution in [1.29, 1.82) is 0 Å². The lowest BCUT2D eigenvalue weighted by molar-refractivity contribution is 0.278. The second-order valence-electron chi connectivity index (χ2n) is 4.78. The SMILES string of the molecule is CCNCc1ccc(OC)c(OCCn2ccnc2C)c1. The molecule has 0 fully saturated rings. The Morgan fingerprint density at radius 3 is 2.81 bits per heavy atom. The molecular weight excluding hydrogens is 266 g/mol. The highest BCUT2D eigenvalue weighted by atomic mass is 16.5. The monoisotopic (exact) mass is 289 g/mol. The van der Waals surface area contributed by atoms with Gasteiger partial charge in [-0.1, -0.05) is 13.0 Å². The van der Waals surface area contributed by atoms with Crippen LogP contribution in [0.1, 0.15) is 18.3 Å². The molecule has 0 saturated heterocycles. The van der Waals surface area contributed by atoms with Gasteiger partial charge in [-0.25, -0.2) is 4.98 Å². The van der Waals surface area contributed by atoms with Crippen LogP contribution >= 0.6 is 0 Å². The quantitative estimate of drug-likeness (QED) is 0.810. The highest BCUT2D eigenvalue weighted by Gasteiger charge is 2.06. The summed E-state index contributed by atoms with van der Waals surface area (Å²) in [6.07, 6.45) is 3.75. The number of ether oxygens (including phenoxy) is 2. The van der Waals surface area contributed by atoms with Crippen LogP contribution in [0, 0.1) is 6.92 Å². The Morgan fingerprint density at radius 2 is 2.14 bits per heavy atom. The Labute approximate surface area is 125 Å². The molecule has 0 aliphatic carbocycles. The van der Waals surface area contributed by atoms with Gasteiger partial charge in [0.05, 0.1) is 13.7 Å². The Hall–Kier alpha value is -2.01. The van der Waals surface area contributed by atoms with Crippen molar-refractivity contribution in [2.24, 2.45) is 0 Å². The van der Waals surface area contributed by atoms with E-state index in [1.807, 2.05) is 31.3 Å². The highest BCUT2D eigenvalue weighted by Crippen LogP contribution is 2.28. The molecule has 5 heteroatoms. The molecule has 0 saturated carbocycles. The van der Waals surface area contributed by atoms with E-state index >= 15 is 0 Å². The lowest BCUT2D eigenvalue weighted by Crippen LogP contribution is -2.12. The third-order valence-corrected chi connectivity index (χ3v) is 3.32. The van der Waals surface area contributed by atoms with Crippen molar-refractivity contribution in [2.75, 3.05) is 20.3 Å². The maximum absolute atomic E-state index is 5.88. The Bertz CT molecular complexity index is 566. The number of rotatable bonds is 8. The number of aryl methyl sites for hydroxylation is 1. The zero-order valence-corrected chi connectivity index (χ0v) is 12.9. The molecule has 21 heavy (non-hydrogen) atoms. The van der Waals surface area contributed by atoms with Crippen LogP contribution < -0.4 is 14.8 Å². The molecule has 0 atom stereocenters. The van der Waals surface area contributed by atoms with Gasteiger partial charge < -0.3 is 19.4 Å². The van der Waals surface area contributed by atoms with Crippen LogP contribution in [0.25, 0.3) is 0 Å². The summed E-state index contributed by atoms with van der Waals surface area (Å²) in [6.45, 7) is 7.20. The second kappa shape index (κ2) is 7.69. The predicted octanol–water partition coefficient (Wildman–Crippen LogP) is 2.39. The lowest BCUT2D eigenvalue weighted by Gasteiger charge is -2.13. The Balaban J connectivity index is 1.98. The summed E-state index contributed by atoms with van der Waals surface area (Å²) in [4.78, 5) is 4.20. The molecular formula is C16H23N3O2. The number of nitrogens with zero attached hydrogens (tertiary/aromatic N) is 2. The average molecular weight is 289 g/mol. The number of hydrogen-bond donors (Lipinski definition) is 1. The standard InChI is InChI=1S/C16H23N3O2/c1-4-17-12-14-5-6-15(20-3)16(11-14)21-10-9-19-8-7-18-13(19)2/h5-8,11,17H,4,9-10,12H2,1-3H3. The van der Waals surface area contributed by atoms with Crippen LogP contribution in [0.4, 0.5) is 0 Å². The molecule has 0 amide bonds. The summed E-state index contributed by atoms with van der Waals surface area (Å²) in [7, 11) is 1.66. The van der Waals surface area contributed by atoms with E-state index in [4.69, 9.17) is 9.47 Å². The minimum atomic E-state index is 0.582. The summed E-state index contributed by atoms with van der Waals surface area (Å²) in [6, 6.07) is 6.03. The van der Waals surface area contributed by atoms with Gasteiger partial charge in [-0.05, 0) is 31.2 Å². The predicted molar refractivity (Wildman–Crippen MR) is 82.8 cm³/mol. The largest absolute Gasteiger partial charge is 0.493 e. The molecule has 0 spiro atoms. The number of nitrogens with one attached hydrogen (secondary N) is 1. The van der Waals surface area contributed by atoms with Gasteiger partial charge in [-0.2, -0.15) is 0 Å². The molecule has 2 aromatic rings. The summed E-state index contributed by atoms with van der Waals surface area (Å²) < 4.78 is 13.3. The Morgan fingerprint density at radius 1 is 1.29 bits per heavy atom. The number of hydrogen-bond acceptors (Lipinski definition) is 4. The van der Waals surface area contributed by atoms with Crippen molar-refractivity contribution in [1.82, 2.24) is 14.9 Å². The molecule has 0 aliphatic heterocycles. The fourth-order valence-corrected chi connectivity index (χ4v) is 2.11. The summed E-state index contributed by atoms with van der Waals surface area (Å²) in [5, 5.41) is 3.31. The zero-order valence-electron chi connectivity index (χ0n) is 12.9. The number of benzene rings is 1. The number of imidazole rings is 1. The number of aromatic nitrogens is 2. The van der Waals surface area contributed by atoms with Crippen LogP contribution in [0.15, 0.2) is 30.6 Å². The van der Waals surface area contributed by atoms with Crippen LogP contribution in [0.2, 0.25) is 0 Å². The van der Waals surface area contributed by atoms with Crippen molar-refractivity contribution in [3.63, 3.8) is 0 Å². The molecule has 0 unspecified atom stereocenters. The van der Waals surface area contributed by atoms with Crippen LogP contribution in [0.5, 0.6) is 11.5 Å². The van der Waals surface area contributed by atoms with E-state index < -0.39 is 0 Å². The van der Waals surface area contributed by atoms with Crippen LogP contribution in [0.3, 0.4) is 0 Å². The molecule has 0 bridgehead atoms. The summed E-state index contributed by atoms with van der Waals surface area (Å²) in [5.41, 5.74) is 1.19. The molecule has 5 nitrogen and oxygen atoms in total. The maximum Gasteiger partial charge on any atom is 0.161 e. The summed E-state index contributed by atoms with van der Waals surface area (Å²) >= 11 is 0. The smallest absolute Gasteiger partial charge is 0.161 e. The van der Waals surface area contributed by atoms with Gasteiger partial charge in [0.2, 0.25) is 0 Å². The molecule has 1 N–H and O–H groups in total. The normalized spacial score (nSPS) is 10.6. The first-order valence-corrected chi connectivity index (χ1v) is 7.22. The van der Waals surface area contributed by atoms with E-state index in [1.165, 1.54) is 5.56 Å². The topological polar surface area (TPSA) is 48.3 Å². The van der Waals surface area contributed by atoms with Gasteiger partial charge in [0.15, 0.2) is 11.5 Å². The third kappa shape index (κ3) is 4.23. The zero-order chi connectivity index (χ0) is 15.1. The van der Waals surface area contributed by atoms with Gasteiger partial charge in [-0.3, -0.25) is 0 Å². The second-order valence-corrected chi connectivity index (χ2v) is 4.78. The minimum absolute atomic E-state index is 0.582. The van der Waals surface area contributed by atoms with E-state index in [0.29, 0.717) is 6.61 Å². The Kier molecular flexibility index (Phi) is 5.63. The van der Waals surface area contributed by atoms with Crippen molar-refractivity contribution in [3.05, 3.63) is 42.0 Å². The van der Waals surface area contributed by atoms with Crippen molar-refractivity contribution in [3.8, 4) is 11.5 Å². The van der Waals surface area contributed by atoms with Crippen LogP contribution in [-0.4, -0.2) is 29.8 Å². The van der Waals surface area contributed by atoms with Crippen molar-refractivity contribution in [2.45, 2.75) is 26.9 Å². The first-order valence-electron chi connectivity index (χ1n) is 7.22. The van der Waals surface area contributed by atoms with Crippen molar-refractivity contribution >= 4 is 0 Å².